The topological polar surface area (TPSA) is 65.5 Å². The second-order valence-electron chi connectivity index (χ2n) is 4.58. The van der Waals surface area contributed by atoms with Crippen LogP contribution in [0.15, 0.2) is 33.7 Å². The molecule has 22 heavy (non-hydrogen) atoms. The number of aliphatic imine (C=N–C) groups is 1. The van der Waals surface area contributed by atoms with Gasteiger partial charge in [-0.15, -0.1) is 24.0 Å². The van der Waals surface area contributed by atoms with Crippen molar-refractivity contribution in [2.24, 2.45) is 4.99 Å². The van der Waals surface area contributed by atoms with Crippen LogP contribution in [0.4, 0.5) is 5.69 Å². The summed E-state index contributed by atoms with van der Waals surface area (Å²) < 4.78 is 0.990. The number of halogens is 2. The van der Waals surface area contributed by atoms with Crippen LogP contribution in [0.5, 0.6) is 0 Å². The quantitative estimate of drug-likeness (QED) is 0.241. The largest absolute Gasteiger partial charge is 0.356 e. The van der Waals surface area contributed by atoms with Crippen LogP contribution in [-0.2, 0) is 4.79 Å². The highest BCUT2D eigenvalue weighted by atomic mass is 127. The third-order valence-electron chi connectivity index (χ3n) is 2.82. The Morgan fingerprint density at radius 1 is 1.18 bits per heavy atom. The van der Waals surface area contributed by atoms with E-state index in [0.717, 1.165) is 35.5 Å². The summed E-state index contributed by atoms with van der Waals surface area (Å²) in [5.41, 5.74) is 0.800. The number of guanidine groups is 1. The fourth-order valence-electron chi connectivity index (χ4n) is 1.66. The van der Waals surface area contributed by atoms with Crippen LogP contribution in [-0.4, -0.2) is 32.0 Å². The molecule has 1 amide bonds. The molecule has 0 aromatic heterocycles. The Hall–Kier alpha value is -0.830. The van der Waals surface area contributed by atoms with Crippen molar-refractivity contribution in [2.75, 3.05) is 25.5 Å². The number of nitrogens with zero attached hydrogens (tertiary/aromatic N) is 1. The van der Waals surface area contributed by atoms with E-state index in [-0.39, 0.29) is 29.9 Å². The van der Waals surface area contributed by atoms with Gasteiger partial charge in [-0.1, -0.05) is 29.3 Å². The van der Waals surface area contributed by atoms with Gasteiger partial charge in [0.05, 0.1) is 0 Å². The molecule has 124 valence electrons. The van der Waals surface area contributed by atoms with Gasteiger partial charge in [0.1, 0.15) is 0 Å². The summed E-state index contributed by atoms with van der Waals surface area (Å²) in [6.45, 7) is 3.58. The highest BCUT2D eigenvalue weighted by Gasteiger charge is 2.03. The van der Waals surface area contributed by atoms with Gasteiger partial charge in [0.25, 0.3) is 0 Å². The molecular weight excluding hydrogens is 459 g/mol. The first kappa shape index (κ1) is 21.2. The zero-order chi connectivity index (χ0) is 15.5. The second kappa shape index (κ2) is 12.7. The molecule has 1 rings (SSSR count). The molecule has 0 fully saturated rings. The van der Waals surface area contributed by atoms with Crippen LogP contribution >= 0.6 is 39.9 Å². The lowest BCUT2D eigenvalue weighted by Crippen LogP contribution is -2.39. The minimum absolute atomic E-state index is 0. The molecule has 0 atom stereocenters. The Bertz CT molecular complexity index is 465. The number of unbranched alkanes of at least 4 members (excludes halogenated alkanes) is 1. The fourth-order valence-corrected chi connectivity index (χ4v) is 1.92. The Labute approximate surface area is 157 Å². The minimum atomic E-state index is -0.0196. The Balaban J connectivity index is 0.00000441. The third-order valence-corrected chi connectivity index (χ3v) is 3.35. The molecular formula is C15H24BrIN4O. The lowest BCUT2D eigenvalue weighted by Gasteiger charge is -2.11. The molecule has 3 N–H and O–H groups in total. The Morgan fingerprint density at radius 3 is 2.41 bits per heavy atom. The average Bonchev–Trinajstić information content (AvgIpc) is 2.48. The molecule has 0 unspecified atom stereocenters. The minimum Gasteiger partial charge on any atom is -0.356 e. The van der Waals surface area contributed by atoms with Crippen molar-refractivity contribution in [1.82, 2.24) is 10.6 Å². The number of benzene rings is 1. The highest BCUT2D eigenvalue weighted by Crippen LogP contribution is 2.14. The van der Waals surface area contributed by atoms with Gasteiger partial charge >= 0.3 is 0 Å². The molecule has 0 aliphatic heterocycles. The van der Waals surface area contributed by atoms with E-state index in [0.29, 0.717) is 13.0 Å². The van der Waals surface area contributed by atoms with E-state index in [1.807, 2.05) is 24.3 Å². The summed E-state index contributed by atoms with van der Waals surface area (Å²) in [5.74, 6) is 0.716. The summed E-state index contributed by atoms with van der Waals surface area (Å²) in [4.78, 5) is 15.9. The lowest BCUT2D eigenvalue weighted by atomic mass is 10.3. The van der Waals surface area contributed by atoms with Gasteiger partial charge in [-0.3, -0.25) is 9.79 Å². The van der Waals surface area contributed by atoms with Crippen molar-refractivity contribution in [3.63, 3.8) is 0 Å². The maximum Gasteiger partial charge on any atom is 0.226 e. The summed E-state index contributed by atoms with van der Waals surface area (Å²) in [6, 6.07) is 7.52. The predicted octanol–water partition coefficient (Wildman–Crippen LogP) is 3.36. The molecule has 0 heterocycles. The van der Waals surface area contributed by atoms with Crippen LogP contribution in [0.2, 0.25) is 0 Å². The zero-order valence-electron chi connectivity index (χ0n) is 13.0. The number of nitrogens with one attached hydrogen (secondary N) is 3. The van der Waals surface area contributed by atoms with Crippen LogP contribution in [0, 0.1) is 0 Å². The van der Waals surface area contributed by atoms with Crippen molar-refractivity contribution in [1.29, 1.82) is 0 Å². The van der Waals surface area contributed by atoms with Gasteiger partial charge in [0.2, 0.25) is 5.91 Å². The average molecular weight is 483 g/mol. The normalized spacial score (nSPS) is 10.6. The predicted molar refractivity (Wildman–Crippen MR) is 107 cm³/mol. The van der Waals surface area contributed by atoms with E-state index in [9.17, 15) is 4.79 Å². The summed E-state index contributed by atoms with van der Waals surface area (Å²) in [6.07, 6.45) is 2.63. The Morgan fingerprint density at radius 2 is 1.82 bits per heavy atom. The Kier molecular flexibility index (Phi) is 12.2. The molecule has 0 radical (unpaired) electrons. The number of hydrogen-bond donors (Lipinski definition) is 3. The van der Waals surface area contributed by atoms with Gasteiger partial charge in [-0.25, -0.2) is 0 Å². The number of carbonyl (C=O) groups is 1. The van der Waals surface area contributed by atoms with Crippen molar-refractivity contribution >= 4 is 57.5 Å². The second-order valence-corrected chi connectivity index (χ2v) is 5.50. The van der Waals surface area contributed by atoms with E-state index < -0.39 is 0 Å². The van der Waals surface area contributed by atoms with Gasteiger partial charge in [0.15, 0.2) is 5.96 Å². The number of carbonyl (C=O) groups excluding carboxylic acids is 1. The summed E-state index contributed by atoms with van der Waals surface area (Å²) >= 11 is 3.36. The number of rotatable bonds is 7. The van der Waals surface area contributed by atoms with E-state index in [1.54, 1.807) is 7.05 Å². The van der Waals surface area contributed by atoms with Crippen molar-refractivity contribution in [3.05, 3.63) is 28.7 Å². The van der Waals surface area contributed by atoms with Crippen LogP contribution in [0.1, 0.15) is 26.2 Å². The van der Waals surface area contributed by atoms with Crippen molar-refractivity contribution in [2.45, 2.75) is 26.2 Å². The van der Waals surface area contributed by atoms with E-state index >= 15 is 0 Å². The summed E-state index contributed by atoms with van der Waals surface area (Å²) in [5, 5.41) is 9.18. The first-order valence-corrected chi connectivity index (χ1v) is 7.95. The SMILES string of the molecule is CCCCNC(=NC)NCCC(=O)Nc1ccc(Br)cc1.I. The van der Waals surface area contributed by atoms with E-state index in [1.165, 1.54) is 0 Å². The molecule has 1 aromatic carbocycles. The molecule has 0 spiro atoms. The molecule has 1 aromatic rings. The van der Waals surface area contributed by atoms with Crippen LogP contribution in [0.3, 0.4) is 0 Å². The van der Waals surface area contributed by atoms with Crippen molar-refractivity contribution < 1.29 is 4.79 Å². The number of amides is 1. The monoisotopic (exact) mass is 482 g/mol. The van der Waals surface area contributed by atoms with Gasteiger partial charge < -0.3 is 16.0 Å². The molecule has 0 saturated heterocycles. The third kappa shape index (κ3) is 9.24. The van der Waals surface area contributed by atoms with Crippen molar-refractivity contribution in [3.8, 4) is 0 Å². The standard InChI is InChI=1S/C15H23BrN4O.HI/c1-3-4-10-18-15(17-2)19-11-9-14(21)20-13-7-5-12(16)6-8-13;/h5-8H,3-4,9-11H2,1-2H3,(H,20,21)(H2,17,18,19);1H. The number of anilines is 1. The lowest BCUT2D eigenvalue weighted by molar-refractivity contribution is -0.116. The highest BCUT2D eigenvalue weighted by molar-refractivity contribution is 14.0. The van der Waals surface area contributed by atoms with Crippen LogP contribution in [0.25, 0.3) is 0 Å². The molecule has 0 aliphatic carbocycles. The van der Waals surface area contributed by atoms with E-state index in [4.69, 9.17) is 0 Å². The molecule has 0 bridgehead atoms. The maximum absolute atomic E-state index is 11.8. The smallest absolute Gasteiger partial charge is 0.226 e. The first-order chi connectivity index (χ1) is 10.2. The summed E-state index contributed by atoms with van der Waals surface area (Å²) in [7, 11) is 1.73. The maximum atomic E-state index is 11.8. The molecule has 0 saturated carbocycles. The van der Waals surface area contributed by atoms with Gasteiger partial charge in [-0.05, 0) is 30.7 Å². The zero-order valence-corrected chi connectivity index (χ0v) is 16.9. The van der Waals surface area contributed by atoms with E-state index in [2.05, 4.69) is 43.8 Å². The van der Waals surface area contributed by atoms with Gasteiger partial charge in [0, 0.05) is 36.7 Å². The fraction of sp³-hybridized carbons (Fsp3) is 0.467. The molecule has 7 heteroatoms. The molecule has 5 nitrogen and oxygen atoms in total. The van der Waals surface area contributed by atoms with Crippen LogP contribution < -0.4 is 16.0 Å². The molecule has 0 aliphatic rings. The van der Waals surface area contributed by atoms with Gasteiger partial charge in [-0.2, -0.15) is 0 Å². The number of hydrogen-bond acceptors (Lipinski definition) is 2. The first-order valence-electron chi connectivity index (χ1n) is 7.15.